The van der Waals surface area contributed by atoms with Crippen molar-refractivity contribution < 1.29 is 9.90 Å². The van der Waals surface area contributed by atoms with Crippen molar-refractivity contribution in [1.82, 2.24) is 4.98 Å². The lowest BCUT2D eigenvalue weighted by Gasteiger charge is -2.22. The number of aromatic nitrogens is 1. The number of para-hydroxylation sites is 1. The van der Waals surface area contributed by atoms with Crippen LogP contribution in [0.5, 0.6) is 0 Å². The van der Waals surface area contributed by atoms with Gasteiger partial charge >= 0.3 is 5.97 Å². The van der Waals surface area contributed by atoms with Crippen LogP contribution in [0, 0.1) is 6.92 Å². The third kappa shape index (κ3) is 3.01. The number of hydrogen-bond donors (Lipinski definition) is 1. The molecule has 0 bridgehead atoms. The molecule has 0 aliphatic rings. The number of carboxylic acids is 1. The SMILES string of the molecule is Cc1cc(N(C)Cc2ccccc2)c2cccc(C(=O)O)c2n1. The Morgan fingerprint density at radius 2 is 1.87 bits per heavy atom. The minimum atomic E-state index is -0.953. The summed E-state index contributed by atoms with van der Waals surface area (Å²) in [6, 6.07) is 17.5. The van der Waals surface area contributed by atoms with E-state index in [-0.39, 0.29) is 5.56 Å². The monoisotopic (exact) mass is 306 g/mol. The third-order valence-corrected chi connectivity index (χ3v) is 3.85. The summed E-state index contributed by atoms with van der Waals surface area (Å²) in [6.45, 7) is 2.63. The molecule has 3 aromatic rings. The zero-order valence-corrected chi connectivity index (χ0v) is 13.2. The molecule has 1 N–H and O–H groups in total. The minimum absolute atomic E-state index is 0.237. The summed E-state index contributed by atoms with van der Waals surface area (Å²) in [5, 5.41) is 10.2. The Labute approximate surface area is 135 Å². The lowest BCUT2D eigenvalue weighted by molar-refractivity contribution is 0.0699. The molecule has 3 rings (SSSR count). The van der Waals surface area contributed by atoms with Crippen LogP contribution < -0.4 is 4.90 Å². The molecule has 4 heteroatoms. The fourth-order valence-electron chi connectivity index (χ4n) is 2.79. The van der Waals surface area contributed by atoms with Gasteiger partial charge in [-0.2, -0.15) is 0 Å². The molecule has 0 amide bonds. The second-order valence-electron chi connectivity index (χ2n) is 5.63. The van der Waals surface area contributed by atoms with Crippen molar-refractivity contribution in [1.29, 1.82) is 0 Å². The summed E-state index contributed by atoms with van der Waals surface area (Å²) in [7, 11) is 2.01. The molecule has 0 aliphatic heterocycles. The summed E-state index contributed by atoms with van der Waals surface area (Å²) in [5.41, 5.74) is 3.77. The highest BCUT2D eigenvalue weighted by Crippen LogP contribution is 2.29. The van der Waals surface area contributed by atoms with E-state index in [1.807, 2.05) is 44.3 Å². The van der Waals surface area contributed by atoms with Gasteiger partial charge in [0, 0.05) is 30.4 Å². The summed E-state index contributed by atoms with van der Waals surface area (Å²) >= 11 is 0. The number of aromatic carboxylic acids is 1. The second kappa shape index (κ2) is 6.08. The second-order valence-corrected chi connectivity index (χ2v) is 5.63. The number of pyridine rings is 1. The lowest BCUT2D eigenvalue weighted by Crippen LogP contribution is -2.17. The maximum Gasteiger partial charge on any atom is 0.337 e. The predicted molar refractivity (Wildman–Crippen MR) is 92.0 cm³/mol. The van der Waals surface area contributed by atoms with Gasteiger partial charge in [0.05, 0.1) is 11.1 Å². The van der Waals surface area contributed by atoms with Crippen molar-refractivity contribution >= 4 is 22.6 Å². The minimum Gasteiger partial charge on any atom is -0.478 e. The van der Waals surface area contributed by atoms with Gasteiger partial charge in [0.15, 0.2) is 0 Å². The van der Waals surface area contributed by atoms with E-state index in [1.54, 1.807) is 12.1 Å². The number of fused-ring (bicyclic) bond motifs is 1. The molecule has 0 fully saturated rings. The van der Waals surface area contributed by atoms with Gasteiger partial charge < -0.3 is 10.0 Å². The van der Waals surface area contributed by atoms with Crippen LogP contribution in [-0.4, -0.2) is 23.1 Å². The molecule has 116 valence electrons. The standard InChI is InChI=1S/C19H18N2O2/c1-13-11-17(21(2)12-14-7-4-3-5-8-14)15-9-6-10-16(19(22)23)18(15)20-13/h3-11H,12H2,1-2H3,(H,22,23). The maximum absolute atomic E-state index is 11.4. The van der Waals surface area contributed by atoms with Gasteiger partial charge in [0.25, 0.3) is 0 Å². The molecule has 1 aromatic heterocycles. The maximum atomic E-state index is 11.4. The third-order valence-electron chi connectivity index (χ3n) is 3.85. The number of rotatable bonds is 4. The Bertz CT molecular complexity index is 860. The van der Waals surface area contributed by atoms with Crippen molar-refractivity contribution in [3.8, 4) is 0 Å². The summed E-state index contributed by atoms with van der Waals surface area (Å²) in [6.07, 6.45) is 0. The topological polar surface area (TPSA) is 53.4 Å². The first kappa shape index (κ1) is 15.0. The van der Waals surface area contributed by atoms with Gasteiger partial charge in [-0.05, 0) is 24.6 Å². The zero-order chi connectivity index (χ0) is 16.4. The molecule has 0 atom stereocenters. The molecule has 0 saturated carbocycles. The van der Waals surface area contributed by atoms with E-state index in [0.29, 0.717) is 5.52 Å². The quantitative estimate of drug-likeness (QED) is 0.795. The highest BCUT2D eigenvalue weighted by Gasteiger charge is 2.14. The molecule has 0 saturated heterocycles. The van der Waals surface area contributed by atoms with Crippen LogP contribution in [-0.2, 0) is 6.54 Å². The van der Waals surface area contributed by atoms with Crippen LogP contribution in [0.1, 0.15) is 21.6 Å². The number of anilines is 1. The van der Waals surface area contributed by atoms with Gasteiger partial charge in [-0.3, -0.25) is 4.98 Å². The Morgan fingerprint density at radius 3 is 2.57 bits per heavy atom. The van der Waals surface area contributed by atoms with Crippen molar-refractivity contribution in [2.24, 2.45) is 0 Å². The largest absolute Gasteiger partial charge is 0.478 e. The van der Waals surface area contributed by atoms with Gasteiger partial charge in [0.1, 0.15) is 0 Å². The number of hydrogen-bond acceptors (Lipinski definition) is 3. The van der Waals surface area contributed by atoms with Gasteiger partial charge in [0.2, 0.25) is 0 Å². The molecule has 0 spiro atoms. The van der Waals surface area contributed by atoms with Crippen LogP contribution in [0.15, 0.2) is 54.6 Å². The van der Waals surface area contributed by atoms with Crippen molar-refractivity contribution in [2.45, 2.75) is 13.5 Å². The highest BCUT2D eigenvalue weighted by atomic mass is 16.4. The predicted octanol–water partition coefficient (Wildman–Crippen LogP) is 3.88. The lowest BCUT2D eigenvalue weighted by atomic mass is 10.1. The van der Waals surface area contributed by atoms with Crippen LogP contribution >= 0.6 is 0 Å². The van der Waals surface area contributed by atoms with E-state index in [1.165, 1.54) is 5.56 Å². The van der Waals surface area contributed by atoms with Crippen LogP contribution in [0.4, 0.5) is 5.69 Å². The van der Waals surface area contributed by atoms with Gasteiger partial charge in [-0.25, -0.2) is 4.79 Å². The summed E-state index contributed by atoms with van der Waals surface area (Å²) in [5.74, 6) is -0.953. The van der Waals surface area contributed by atoms with Gasteiger partial charge in [-0.1, -0.05) is 42.5 Å². The normalized spacial score (nSPS) is 10.7. The molecular formula is C19H18N2O2. The molecule has 23 heavy (non-hydrogen) atoms. The molecule has 4 nitrogen and oxygen atoms in total. The Hall–Kier alpha value is -2.88. The van der Waals surface area contributed by atoms with E-state index in [2.05, 4.69) is 22.0 Å². The molecule has 0 radical (unpaired) electrons. The zero-order valence-electron chi connectivity index (χ0n) is 13.2. The first-order valence-corrected chi connectivity index (χ1v) is 7.45. The average molecular weight is 306 g/mol. The van der Waals surface area contributed by atoms with Crippen LogP contribution in [0.3, 0.4) is 0 Å². The van der Waals surface area contributed by atoms with Crippen LogP contribution in [0.2, 0.25) is 0 Å². The Morgan fingerprint density at radius 1 is 1.13 bits per heavy atom. The fourth-order valence-corrected chi connectivity index (χ4v) is 2.79. The van der Waals surface area contributed by atoms with E-state index >= 15 is 0 Å². The van der Waals surface area contributed by atoms with Crippen LogP contribution in [0.25, 0.3) is 10.9 Å². The average Bonchev–Trinajstić information content (AvgIpc) is 2.54. The molecule has 2 aromatic carbocycles. The summed E-state index contributed by atoms with van der Waals surface area (Å²) in [4.78, 5) is 18.0. The first-order chi connectivity index (χ1) is 11.1. The number of aryl methyl sites for hydroxylation is 1. The number of nitrogens with zero attached hydrogens (tertiary/aromatic N) is 2. The first-order valence-electron chi connectivity index (χ1n) is 7.45. The van der Waals surface area contributed by atoms with E-state index in [4.69, 9.17) is 0 Å². The Balaban J connectivity index is 2.10. The molecule has 0 aliphatic carbocycles. The summed E-state index contributed by atoms with van der Waals surface area (Å²) < 4.78 is 0. The highest BCUT2D eigenvalue weighted by molar-refractivity contribution is 6.05. The number of benzene rings is 2. The molecular weight excluding hydrogens is 288 g/mol. The number of carboxylic acid groups (broad SMARTS) is 1. The molecule has 0 unspecified atom stereocenters. The van der Waals surface area contributed by atoms with Crippen molar-refractivity contribution in [3.63, 3.8) is 0 Å². The van der Waals surface area contributed by atoms with Crippen molar-refractivity contribution in [2.75, 3.05) is 11.9 Å². The fraction of sp³-hybridized carbons (Fsp3) is 0.158. The van der Waals surface area contributed by atoms with E-state index in [0.717, 1.165) is 23.3 Å². The number of carbonyl (C=O) groups is 1. The Kier molecular flexibility index (Phi) is 3.98. The molecule has 1 heterocycles. The van der Waals surface area contributed by atoms with E-state index < -0.39 is 5.97 Å². The smallest absolute Gasteiger partial charge is 0.337 e. The van der Waals surface area contributed by atoms with Crippen molar-refractivity contribution in [3.05, 3.63) is 71.4 Å². The van der Waals surface area contributed by atoms with E-state index in [9.17, 15) is 9.90 Å². The van der Waals surface area contributed by atoms with Gasteiger partial charge in [-0.15, -0.1) is 0 Å².